The highest BCUT2D eigenvalue weighted by Gasteiger charge is 2.35. The van der Waals surface area contributed by atoms with Gasteiger partial charge in [0.15, 0.2) is 0 Å². The van der Waals surface area contributed by atoms with Crippen LogP contribution < -0.4 is 10.6 Å². The molecule has 4 heteroatoms. The molecule has 1 aliphatic carbocycles. The van der Waals surface area contributed by atoms with Crippen LogP contribution in [0.1, 0.15) is 49.8 Å². The highest BCUT2D eigenvalue weighted by Crippen LogP contribution is 2.36. The minimum atomic E-state index is -0.167. The lowest BCUT2D eigenvalue weighted by molar-refractivity contribution is -0.00876. The first-order valence-electron chi connectivity index (χ1n) is 8.02. The van der Waals surface area contributed by atoms with Gasteiger partial charge in [0.05, 0.1) is 18.8 Å². The molecule has 0 bridgehead atoms. The summed E-state index contributed by atoms with van der Waals surface area (Å²) in [5.74, 6) is -0.167. The van der Waals surface area contributed by atoms with Crippen molar-refractivity contribution < 1.29 is 9.13 Å². The maximum Gasteiger partial charge on any atom is 0.126 e. The van der Waals surface area contributed by atoms with Crippen LogP contribution in [0.3, 0.4) is 0 Å². The molecule has 2 unspecified atom stereocenters. The van der Waals surface area contributed by atoms with E-state index < -0.39 is 0 Å². The van der Waals surface area contributed by atoms with E-state index in [1.54, 1.807) is 6.07 Å². The number of rotatable bonds is 2. The number of aryl methyl sites for hydroxylation is 1. The fraction of sp³-hybridized carbons (Fsp3) is 0.647. The van der Waals surface area contributed by atoms with Crippen molar-refractivity contribution in [3.8, 4) is 0 Å². The number of halogens is 1. The summed E-state index contributed by atoms with van der Waals surface area (Å²) in [6, 6.07) is 3.82. The maximum absolute atomic E-state index is 13.9. The average Bonchev–Trinajstić information content (AvgIpc) is 2.49. The zero-order valence-electron chi connectivity index (χ0n) is 12.9. The van der Waals surface area contributed by atoms with E-state index in [9.17, 15) is 4.39 Å². The Hall–Kier alpha value is -1.13. The van der Waals surface area contributed by atoms with Crippen LogP contribution in [0, 0.1) is 12.7 Å². The van der Waals surface area contributed by atoms with Gasteiger partial charge in [-0.25, -0.2) is 4.39 Å². The van der Waals surface area contributed by atoms with Crippen molar-refractivity contribution in [1.29, 1.82) is 0 Å². The molecule has 1 saturated heterocycles. The first-order chi connectivity index (χ1) is 10.1. The van der Waals surface area contributed by atoms with Crippen LogP contribution in [0.25, 0.3) is 0 Å². The molecule has 1 aromatic carbocycles. The first-order valence-corrected chi connectivity index (χ1v) is 8.02. The van der Waals surface area contributed by atoms with Crippen molar-refractivity contribution >= 4 is 5.69 Å². The highest BCUT2D eigenvalue weighted by atomic mass is 19.1. The first kappa shape index (κ1) is 14.8. The van der Waals surface area contributed by atoms with E-state index in [1.807, 2.05) is 19.9 Å². The second kappa shape index (κ2) is 5.93. The van der Waals surface area contributed by atoms with Crippen LogP contribution in [0.2, 0.25) is 0 Å². The molecular weight excluding hydrogens is 267 g/mol. The molecule has 3 atom stereocenters. The molecule has 3 nitrogen and oxygen atoms in total. The summed E-state index contributed by atoms with van der Waals surface area (Å²) in [5, 5.41) is 0. The van der Waals surface area contributed by atoms with Gasteiger partial charge in [-0.2, -0.15) is 0 Å². The minimum Gasteiger partial charge on any atom is -0.374 e. The van der Waals surface area contributed by atoms with E-state index in [2.05, 4.69) is 4.90 Å². The Morgan fingerprint density at radius 2 is 2.10 bits per heavy atom. The molecule has 1 aromatic rings. The Bertz CT molecular complexity index is 516. The zero-order valence-corrected chi connectivity index (χ0v) is 12.9. The van der Waals surface area contributed by atoms with E-state index in [-0.39, 0.29) is 11.9 Å². The van der Waals surface area contributed by atoms with E-state index >= 15 is 0 Å². The largest absolute Gasteiger partial charge is 0.374 e. The summed E-state index contributed by atoms with van der Waals surface area (Å²) >= 11 is 0. The third-order valence-corrected chi connectivity index (χ3v) is 4.84. The van der Waals surface area contributed by atoms with Gasteiger partial charge in [-0.15, -0.1) is 0 Å². The lowest BCUT2D eigenvalue weighted by Crippen LogP contribution is -2.53. The standard InChI is InChI=1S/C17H25FN2O/c1-11-9-16(13(12(2)19)10-14(11)18)20-7-8-21-17-6-4-3-5-15(17)20/h9-10,12,15,17H,3-8,19H2,1-2H3/t12-,15?,17?/m0/s1. The molecule has 0 aromatic heterocycles. The van der Waals surface area contributed by atoms with Gasteiger partial charge < -0.3 is 15.4 Å². The molecule has 2 aliphatic rings. The lowest BCUT2D eigenvalue weighted by Gasteiger charge is -2.46. The van der Waals surface area contributed by atoms with Crippen molar-refractivity contribution in [1.82, 2.24) is 0 Å². The van der Waals surface area contributed by atoms with E-state index in [0.29, 0.717) is 17.7 Å². The van der Waals surface area contributed by atoms with Gasteiger partial charge in [0.25, 0.3) is 0 Å². The molecule has 1 aliphatic heterocycles. The normalized spacial score (nSPS) is 27.3. The predicted molar refractivity (Wildman–Crippen MR) is 83.1 cm³/mol. The van der Waals surface area contributed by atoms with Crippen LogP contribution in [-0.4, -0.2) is 25.3 Å². The number of ether oxygens (including phenoxy) is 1. The topological polar surface area (TPSA) is 38.5 Å². The van der Waals surface area contributed by atoms with Gasteiger partial charge in [0.2, 0.25) is 0 Å². The zero-order chi connectivity index (χ0) is 15.0. The Labute approximate surface area is 126 Å². The van der Waals surface area contributed by atoms with Crippen LogP contribution in [-0.2, 0) is 4.74 Å². The summed E-state index contributed by atoms with van der Waals surface area (Å²) in [4.78, 5) is 2.42. The average molecular weight is 292 g/mol. The molecule has 2 fully saturated rings. The van der Waals surface area contributed by atoms with Crippen molar-refractivity contribution in [2.45, 2.75) is 57.7 Å². The van der Waals surface area contributed by atoms with Crippen LogP contribution in [0.5, 0.6) is 0 Å². The Morgan fingerprint density at radius 1 is 1.33 bits per heavy atom. The fourth-order valence-electron chi connectivity index (χ4n) is 3.69. The van der Waals surface area contributed by atoms with E-state index in [0.717, 1.165) is 37.2 Å². The van der Waals surface area contributed by atoms with Gasteiger partial charge in [-0.1, -0.05) is 12.8 Å². The number of nitrogens with zero attached hydrogens (tertiary/aromatic N) is 1. The smallest absolute Gasteiger partial charge is 0.126 e. The van der Waals surface area contributed by atoms with E-state index in [4.69, 9.17) is 10.5 Å². The van der Waals surface area contributed by atoms with Gasteiger partial charge in [-0.05, 0) is 49.9 Å². The van der Waals surface area contributed by atoms with Crippen LogP contribution in [0.4, 0.5) is 10.1 Å². The fourth-order valence-corrected chi connectivity index (χ4v) is 3.69. The highest BCUT2D eigenvalue weighted by molar-refractivity contribution is 5.58. The molecule has 21 heavy (non-hydrogen) atoms. The molecule has 2 N–H and O–H groups in total. The number of nitrogens with two attached hydrogens (primary N) is 1. The second-order valence-electron chi connectivity index (χ2n) is 6.40. The third kappa shape index (κ3) is 2.79. The number of hydrogen-bond donors (Lipinski definition) is 1. The lowest BCUT2D eigenvalue weighted by atomic mass is 9.89. The van der Waals surface area contributed by atoms with Crippen LogP contribution >= 0.6 is 0 Å². The number of benzene rings is 1. The Balaban J connectivity index is 1.99. The second-order valence-corrected chi connectivity index (χ2v) is 6.40. The summed E-state index contributed by atoms with van der Waals surface area (Å²) in [6.45, 7) is 5.36. The quantitative estimate of drug-likeness (QED) is 0.909. The van der Waals surface area contributed by atoms with Crippen molar-refractivity contribution in [3.05, 3.63) is 29.1 Å². The molecule has 0 amide bonds. The molecule has 116 valence electrons. The molecule has 3 rings (SSSR count). The van der Waals surface area contributed by atoms with Gasteiger partial charge in [-0.3, -0.25) is 0 Å². The van der Waals surface area contributed by atoms with Crippen LogP contribution in [0.15, 0.2) is 12.1 Å². The molecule has 1 heterocycles. The van der Waals surface area contributed by atoms with Gasteiger partial charge >= 0.3 is 0 Å². The van der Waals surface area contributed by atoms with E-state index in [1.165, 1.54) is 12.8 Å². The number of fused-ring (bicyclic) bond motifs is 1. The summed E-state index contributed by atoms with van der Waals surface area (Å²) in [5.41, 5.74) is 8.78. The monoisotopic (exact) mass is 292 g/mol. The number of hydrogen-bond acceptors (Lipinski definition) is 3. The number of morpholine rings is 1. The summed E-state index contributed by atoms with van der Waals surface area (Å²) in [7, 11) is 0. The Kier molecular flexibility index (Phi) is 4.18. The van der Waals surface area contributed by atoms with Crippen molar-refractivity contribution in [2.24, 2.45) is 5.73 Å². The molecule has 0 radical (unpaired) electrons. The van der Waals surface area contributed by atoms with Gasteiger partial charge in [0.1, 0.15) is 5.82 Å². The number of anilines is 1. The molecule has 1 saturated carbocycles. The van der Waals surface area contributed by atoms with Gasteiger partial charge in [0, 0.05) is 18.3 Å². The molecular formula is C17H25FN2O. The SMILES string of the molecule is Cc1cc(N2CCOC3CCCCC32)c([C@H](C)N)cc1F. The predicted octanol–water partition coefficient (Wildman–Crippen LogP) is 3.30. The maximum atomic E-state index is 13.9. The Morgan fingerprint density at radius 3 is 2.86 bits per heavy atom. The summed E-state index contributed by atoms with van der Waals surface area (Å²) in [6.07, 6.45) is 5.10. The van der Waals surface area contributed by atoms with Crippen molar-refractivity contribution in [3.63, 3.8) is 0 Å². The molecule has 0 spiro atoms. The minimum absolute atomic E-state index is 0.167. The summed E-state index contributed by atoms with van der Waals surface area (Å²) < 4.78 is 19.9. The third-order valence-electron chi connectivity index (χ3n) is 4.84. The van der Waals surface area contributed by atoms with Crippen molar-refractivity contribution in [2.75, 3.05) is 18.1 Å².